The van der Waals surface area contributed by atoms with Crippen molar-refractivity contribution in [3.8, 4) is 5.75 Å². The maximum Gasteiger partial charge on any atom is 0.138 e. The average molecular weight is 198 g/mol. The van der Waals surface area contributed by atoms with E-state index in [1.807, 2.05) is 24.3 Å². The van der Waals surface area contributed by atoms with Crippen molar-refractivity contribution in [3.05, 3.63) is 36.5 Å². The summed E-state index contributed by atoms with van der Waals surface area (Å²) in [7, 11) is 1.67. The number of nitrogens with zero attached hydrogens (tertiary/aromatic N) is 1. The molecule has 0 bridgehead atoms. The number of methoxy groups -OCH3 is 1. The molecule has 3 aromatic rings. The summed E-state index contributed by atoms with van der Waals surface area (Å²) in [6.07, 6.45) is 1.79. The molecule has 0 aliphatic heterocycles. The first-order valence-electron chi connectivity index (χ1n) is 4.79. The van der Waals surface area contributed by atoms with Gasteiger partial charge in [-0.25, -0.2) is 4.98 Å². The van der Waals surface area contributed by atoms with E-state index >= 15 is 0 Å². The molecule has 0 radical (unpaired) electrons. The number of H-pyrrole nitrogens is 1. The van der Waals surface area contributed by atoms with Crippen LogP contribution in [0.15, 0.2) is 36.5 Å². The van der Waals surface area contributed by atoms with Gasteiger partial charge in [-0.2, -0.15) is 0 Å². The van der Waals surface area contributed by atoms with Crippen LogP contribution in [0, 0.1) is 0 Å². The van der Waals surface area contributed by atoms with Crippen molar-refractivity contribution in [1.82, 2.24) is 9.97 Å². The Hall–Kier alpha value is -2.03. The quantitative estimate of drug-likeness (QED) is 0.652. The number of hydrogen-bond acceptors (Lipinski definition) is 2. The molecule has 0 atom stereocenters. The van der Waals surface area contributed by atoms with E-state index in [0.29, 0.717) is 0 Å². The van der Waals surface area contributed by atoms with Crippen molar-refractivity contribution in [3.63, 3.8) is 0 Å². The van der Waals surface area contributed by atoms with Gasteiger partial charge in [-0.1, -0.05) is 0 Å². The summed E-state index contributed by atoms with van der Waals surface area (Å²) in [5.74, 6) is 0.868. The number of fused-ring (bicyclic) bond motifs is 3. The molecule has 0 amide bonds. The van der Waals surface area contributed by atoms with E-state index in [1.165, 1.54) is 0 Å². The van der Waals surface area contributed by atoms with Gasteiger partial charge in [0, 0.05) is 22.5 Å². The standard InChI is InChI=1S/C12H10N2O/c1-15-8-4-5-11-10(7-8)9-3-2-6-13-12(9)14-11/h2-7H,1H3,(H,13,14). The Morgan fingerprint density at radius 2 is 2.13 bits per heavy atom. The Morgan fingerprint density at radius 3 is 3.00 bits per heavy atom. The van der Waals surface area contributed by atoms with Crippen LogP contribution in [0.3, 0.4) is 0 Å². The van der Waals surface area contributed by atoms with Crippen LogP contribution in [0.25, 0.3) is 21.9 Å². The molecule has 0 spiro atoms. The minimum atomic E-state index is 0.868. The fourth-order valence-corrected chi connectivity index (χ4v) is 1.83. The second kappa shape index (κ2) is 2.98. The van der Waals surface area contributed by atoms with Gasteiger partial charge in [-0.15, -0.1) is 0 Å². The zero-order chi connectivity index (χ0) is 10.3. The van der Waals surface area contributed by atoms with Crippen LogP contribution in [0.2, 0.25) is 0 Å². The van der Waals surface area contributed by atoms with Gasteiger partial charge >= 0.3 is 0 Å². The number of hydrogen-bond donors (Lipinski definition) is 1. The van der Waals surface area contributed by atoms with Crippen molar-refractivity contribution in [2.45, 2.75) is 0 Å². The van der Waals surface area contributed by atoms with E-state index in [1.54, 1.807) is 13.3 Å². The fourth-order valence-electron chi connectivity index (χ4n) is 1.83. The number of aromatic nitrogens is 2. The van der Waals surface area contributed by atoms with Gasteiger partial charge < -0.3 is 9.72 Å². The summed E-state index contributed by atoms with van der Waals surface area (Å²) >= 11 is 0. The molecule has 1 aromatic carbocycles. The predicted molar refractivity (Wildman–Crippen MR) is 60.2 cm³/mol. The zero-order valence-corrected chi connectivity index (χ0v) is 8.32. The molecule has 3 heteroatoms. The van der Waals surface area contributed by atoms with Crippen LogP contribution in [-0.2, 0) is 0 Å². The highest BCUT2D eigenvalue weighted by Crippen LogP contribution is 2.27. The van der Waals surface area contributed by atoms with Gasteiger partial charge in [0.25, 0.3) is 0 Å². The van der Waals surface area contributed by atoms with E-state index in [0.717, 1.165) is 27.7 Å². The molecule has 0 saturated heterocycles. The SMILES string of the molecule is COc1ccc2[nH]c3ncccc3c2c1. The monoisotopic (exact) mass is 198 g/mol. The van der Waals surface area contributed by atoms with Gasteiger partial charge in [0.15, 0.2) is 0 Å². The van der Waals surface area contributed by atoms with E-state index in [9.17, 15) is 0 Å². The van der Waals surface area contributed by atoms with Gasteiger partial charge in [0.05, 0.1) is 7.11 Å². The number of ether oxygens (including phenoxy) is 1. The van der Waals surface area contributed by atoms with Gasteiger partial charge in [0.1, 0.15) is 11.4 Å². The molecule has 0 fully saturated rings. The third kappa shape index (κ3) is 1.16. The molecule has 3 nitrogen and oxygen atoms in total. The van der Waals surface area contributed by atoms with Crippen LogP contribution in [0.5, 0.6) is 5.75 Å². The van der Waals surface area contributed by atoms with Gasteiger partial charge in [0.2, 0.25) is 0 Å². The van der Waals surface area contributed by atoms with Gasteiger partial charge in [-0.05, 0) is 30.3 Å². The van der Waals surface area contributed by atoms with Crippen molar-refractivity contribution in [1.29, 1.82) is 0 Å². The molecule has 15 heavy (non-hydrogen) atoms. The normalized spacial score (nSPS) is 11.0. The molecular formula is C12H10N2O. The fraction of sp³-hybridized carbons (Fsp3) is 0.0833. The summed E-state index contributed by atoms with van der Waals surface area (Å²) in [4.78, 5) is 7.54. The molecule has 0 unspecified atom stereocenters. The molecule has 0 aliphatic carbocycles. The molecule has 2 heterocycles. The highest BCUT2D eigenvalue weighted by atomic mass is 16.5. The molecule has 1 N–H and O–H groups in total. The van der Waals surface area contributed by atoms with E-state index in [4.69, 9.17) is 4.74 Å². The van der Waals surface area contributed by atoms with Crippen LogP contribution in [-0.4, -0.2) is 17.1 Å². The van der Waals surface area contributed by atoms with E-state index in [-0.39, 0.29) is 0 Å². The largest absolute Gasteiger partial charge is 0.497 e. The zero-order valence-electron chi connectivity index (χ0n) is 8.32. The lowest BCUT2D eigenvalue weighted by atomic mass is 10.2. The third-order valence-electron chi connectivity index (χ3n) is 2.58. The molecule has 0 saturated carbocycles. The molecule has 2 aromatic heterocycles. The Morgan fingerprint density at radius 1 is 1.20 bits per heavy atom. The van der Waals surface area contributed by atoms with Crippen LogP contribution >= 0.6 is 0 Å². The average Bonchev–Trinajstić information content (AvgIpc) is 2.66. The first-order chi connectivity index (χ1) is 7.38. The smallest absolute Gasteiger partial charge is 0.138 e. The number of aromatic amines is 1. The Bertz CT molecular complexity index is 628. The number of nitrogens with one attached hydrogen (secondary N) is 1. The van der Waals surface area contributed by atoms with Crippen LogP contribution < -0.4 is 4.74 Å². The summed E-state index contributed by atoms with van der Waals surface area (Å²) in [6, 6.07) is 9.97. The minimum absolute atomic E-state index is 0.868. The summed E-state index contributed by atoms with van der Waals surface area (Å²) in [6.45, 7) is 0. The van der Waals surface area contributed by atoms with Crippen LogP contribution in [0.1, 0.15) is 0 Å². The Kier molecular flexibility index (Phi) is 1.65. The second-order valence-corrected chi connectivity index (χ2v) is 3.44. The number of rotatable bonds is 1. The highest BCUT2D eigenvalue weighted by molar-refractivity contribution is 6.06. The number of pyridine rings is 1. The first kappa shape index (κ1) is 8.29. The van der Waals surface area contributed by atoms with Gasteiger partial charge in [-0.3, -0.25) is 0 Å². The predicted octanol–water partition coefficient (Wildman–Crippen LogP) is 2.72. The lowest BCUT2D eigenvalue weighted by molar-refractivity contribution is 0.415. The van der Waals surface area contributed by atoms with Crippen molar-refractivity contribution < 1.29 is 4.74 Å². The summed E-state index contributed by atoms with van der Waals surface area (Å²) in [5, 5.41) is 2.28. The first-order valence-corrected chi connectivity index (χ1v) is 4.79. The number of benzene rings is 1. The maximum absolute atomic E-state index is 5.21. The second-order valence-electron chi connectivity index (χ2n) is 3.44. The van der Waals surface area contributed by atoms with Crippen molar-refractivity contribution in [2.24, 2.45) is 0 Å². The van der Waals surface area contributed by atoms with E-state index in [2.05, 4.69) is 16.0 Å². The summed E-state index contributed by atoms with van der Waals surface area (Å²) < 4.78 is 5.21. The maximum atomic E-state index is 5.21. The highest BCUT2D eigenvalue weighted by Gasteiger charge is 2.04. The Labute approximate surface area is 86.7 Å². The third-order valence-corrected chi connectivity index (χ3v) is 2.58. The minimum Gasteiger partial charge on any atom is -0.497 e. The van der Waals surface area contributed by atoms with Crippen molar-refractivity contribution in [2.75, 3.05) is 7.11 Å². The summed E-state index contributed by atoms with van der Waals surface area (Å²) in [5.41, 5.74) is 2.00. The molecular weight excluding hydrogens is 188 g/mol. The Balaban J connectivity index is 2.46. The molecule has 74 valence electrons. The topological polar surface area (TPSA) is 37.9 Å². The lowest BCUT2D eigenvalue weighted by Gasteiger charge is -1.98. The van der Waals surface area contributed by atoms with Crippen molar-refractivity contribution >= 4 is 21.9 Å². The van der Waals surface area contributed by atoms with E-state index < -0.39 is 0 Å². The molecule has 0 aliphatic rings. The molecule has 3 rings (SSSR count). The van der Waals surface area contributed by atoms with Crippen LogP contribution in [0.4, 0.5) is 0 Å². The lowest BCUT2D eigenvalue weighted by Crippen LogP contribution is -1.80.